The Morgan fingerprint density at radius 2 is 2.05 bits per heavy atom. The van der Waals surface area contributed by atoms with E-state index in [0.29, 0.717) is 26.3 Å². The number of hydrogen-bond donors (Lipinski definition) is 1. The molecule has 1 unspecified atom stereocenters. The van der Waals surface area contributed by atoms with E-state index in [9.17, 15) is 18.0 Å². The number of nitrogens with one attached hydrogen (secondary N) is 1. The van der Waals surface area contributed by atoms with Crippen LogP contribution >= 0.6 is 0 Å². The van der Waals surface area contributed by atoms with E-state index in [0.717, 1.165) is 5.56 Å². The number of halogens is 3. The minimum absolute atomic E-state index is 0.0782. The van der Waals surface area contributed by atoms with Gasteiger partial charge in [0, 0.05) is 19.6 Å². The van der Waals surface area contributed by atoms with E-state index in [4.69, 9.17) is 4.74 Å². The normalized spacial score (nSPS) is 20.2. The number of rotatable bonds is 4. The Morgan fingerprint density at radius 1 is 1.33 bits per heavy atom. The van der Waals surface area contributed by atoms with Crippen LogP contribution in [0.5, 0.6) is 0 Å². The quantitative estimate of drug-likeness (QED) is 0.918. The highest BCUT2D eigenvalue weighted by molar-refractivity contribution is 5.81. The van der Waals surface area contributed by atoms with Crippen molar-refractivity contribution in [1.29, 1.82) is 0 Å². The van der Waals surface area contributed by atoms with E-state index in [1.165, 1.54) is 0 Å². The van der Waals surface area contributed by atoms with Gasteiger partial charge in [-0.15, -0.1) is 0 Å². The van der Waals surface area contributed by atoms with Gasteiger partial charge < -0.3 is 10.1 Å². The zero-order chi connectivity index (χ0) is 15.3. The van der Waals surface area contributed by atoms with Crippen molar-refractivity contribution in [3.8, 4) is 0 Å². The second-order valence-corrected chi connectivity index (χ2v) is 4.89. The number of ether oxygens (including phenoxy) is 1. The summed E-state index contributed by atoms with van der Waals surface area (Å²) in [6.07, 6.45) is -4.85. The van der Waals surface area contributed by atoms with Crippen molar-refractivity contribution >= 4 is 5.91 Å². The summed E-state index contributed by atoms with van der Waals surface area (Å²) in [5.41, 5.74) is 1.08. The highest BCUT2D eigenvalue weighted by atomic mass is 19.4. The Balaban J connectivity index is 1.91. The molecule has 4 nitrogen and oxygen atoms in total. The topological polar surface area (TPSA) is 41.6 Å². The fourth-order valence-corrected chi connectivity index (χ4v) is 2.21. The first kappa shape index (κ1) is 15.8. The molecule has 1 atom stereocenters. The van der Waals surface area contributed by atoms with Crippen LogP contribution in [0, 0.1) is 0 Å². The van der Waals surface area contributed by atoms with E-state index in [1.807, 2.05) is 40.5 Å². The van der Waals surface area contributed by atoms with Gasteiger partial charge in [-0.1, -0.05) is 30.3 Å². The second-order valence-electron chi connectivity index (χ2n) is 4.89. The number of morpholine rings is 1. The molecule has 116 valence electrons. The van der Waals surface area contributed by atoms with Crippen LogP contribution in [0.15, 0.2) is 30.3 Å². The molecule has 1 aromatic carbocycles. The van der Waals surface area contributed by atoms with Crippen LogP contribution < -0.4 is 5.32 Å². The summed E-state index contributed by atoms with van der Waals surface area (Å²) in [5, 5.41) is 1.92. The van der Waals surface area contributed by atoms with E-state index in [2.05, 4.69) is 0 Å². The van der Waals surface area contributed by atoms with Crippen molar-refractivity contribution in [3.05, 3.63) is 35.9 Å². The van der Waals surface area contributed by atoms with Crippen LogP contribution in [0.3, 0.4) is 0 Å². The molecular formula is C14H17F3N2O2. The number of nitrogens with zero attached hydrogens (tertiary/aromatic N) is 1. The van der Waals surface area contributed by atoms with Gasteiger partial charge in [0.2, 0.25) is 0 Å². The first-order valence-electron chi connectivity index (χ1n) is 6.67. The van der Waals surface area contributed by atoms with Gasteiger partial charge in [0.15, 0.2) is 0 Å². The third kappa shape index (κ3) is 4.71. The minimum atomic E-state index is -4.85. The summed E-state index contributed by atoms with van der Waals surface area (Å²) in [6.45, 7) is 2.02. The lowest BCUT2D eigenvalue weighted by atomic mass is 10.1. The monoisotopic (exact) mass is 302 g/mol. The number of alkyl halides is 3. The van der Waals surface area contributed by atoms with Gasteiger partial charge in [0.25, 0.3) is 0 Å². The fraction of sp³-hybridized carbons (Fsp3) is 0.500. The van der Waals surface area contributed by atoms with Gasteiger partial charge in [0.05, 0.1) is 19.3 Å². The molecule has 1 N–H and O–H groups in total. The standard InChI is InChI=1S/C14H17F3N2O2/c15-14(16,17)13(20)18-8-12-10-21-7-6-19(12)9-11-4-2-1-3-5-11/h1-5,12H,6-10H2,(H,18,20). The third-order valence-corrected chi connectivity index (χ3v) is 3.33. The molecule has 1 amide bonds. The SMILES string of the molecule is O=C(NCC1COCCN1Cc1ccccc1)C(F)(F)F. The summed E-state index contributed by atoms with van der Waals surface area (Å²) >= 11 is 0. The largest absolute Gasteiger partial charge is 0.471 e. The van der Waals surface area contributed by atoms with Crippen LogP contribution in [0.4, 0.5) is 13.2 Å². The molecule has 0 radical (unpaired) electrons. The fourth-order valence-electron chi connectivity index (χ4n) is 2.21. The lowest BCUT2D eigenvalue weighted by molar-refractivity contribution is -0.174. The van der Waals surface area contributed by atoms with Crippen LogP contribution in [0.1, 0.15) is 5.56 Å². The Bertz CT molecular complexity index is 465. The van der Waals surface area contributed by atoms with Crippen molar-refractivity contribution in [3.63, 3.8) is 0 Å². The highest BCUT2D eigenvalue weighted by Gasteiger charge is 2.39. The predicted octanol–water partition coefficient (Wildman–Crippen LogP) is 1.57. The molecule has 21 heavy (non-hydrogen) atoms. The van der Waals surface area contributed by atoms with Crippen molar-refractivity contribution in [2.75, 3.05) is 26.3 Å². The maximum atomic E-state index is 12.2. The highest BCUT2D eigenvalue weighted by Crippen LogP contribution is 2.15. The molecule has 1 fully saturated rings. The molecule has 7 heteroatoms. The number of benzene rings is 1. The summed E-state index contributed by atoms with van der Waals surface area (Å²) in [4.78, 5) is 12.9. The minimum Gasteiger partial charge on any atom is -0.378 e. The Hall–Kier alpha value is -1.60. The smallest absolute Gasteiger partial charge is 0.378 e. The number of hydrogen-bond acceptors (Lipinski definition) is 3. The molecule has 1 aromatic rings. The Morgan fingerprint density at radius 3 is 2.71 bits per heavy atom. The van der Waals surface area contributed by atoms with Crippen molar-refractivity contribution in [2.45, 2.75) is 18.8 Å². The van der Waals surface area contributed by atoms with Gasteiger partial charge in [-0.05, 0) is 5.56 Å². The molecular weight excluding hydrogens is 285 g/mol. The van der Waals surface area contributed by atoms with Gasteiger partial charge in [0.1, 0.15) is 0 Å². The Kier molecular flexibility index (Phi) is 5.19. The lowest BCUT2D eigenvalue weighted by Gasteiger charge is -2.35. The van der Waals surface area contributed by atoms with Crippen LogP contribution in [0.2, 0.25) is 0 Å². The van der Waals surface area contributed by atoms with Crippen molar-refractivity contribution in [1.82, 2.24) is 10.2 Å². The molecule has 1 aliphatic heterocycles. The van der Waals surface area contributed by atoms with E-state index < -0.39 is 12.1 Å². The summed E-state index contributed by atoms with van der Waals surface area (Å²) in [6, 6.07) is 9.39. The van der Waals surface area contributed by atoms with Gasteiger partial charge in [-0.2, -0.15) is 13.2 Å². The van der Waals surface area contributed by atoms with Crippen LogP contribution in [-0.4, -0.2) is 49.3 Å². The average molecular weight is 302 g/mol. The van der Waals surface area contributed by atoms with E-state index >= 15 is 0 Å². The first-order valence-corrected chi connectivity index (χ1v) is 6.67. The van der Waals surface area contributed by atoms with Gasteiger partial charge >= 0.3 is 12.1 Å². The zero-order valence-electron chi connectivity index (χ0n) is 11.4. The molecule has 2 rings (SSSR count). The molecule has 1 saturated heterocycles. The molecule has 1 aliphatic rings. The van der Waals surface area contributed by atoms with Crippen LogP contribution in [0.25, 0.3) is 0 Å². The first-order chi connectivity index (χ1) is 9.97. The summed E-state index contributed by atoms with van der Waals surface area (Å²) in [5.74, 6) is -1.91. The van der Waals surface area contributed by atoms with Gasteiger partial charge in [-0.25, -0.2) is 0 Å². The molecule has 0 aliphatic carbocycles. The number of carbonyl (C=O) groups excluding carboxylic acids is 1. The lowest BCUT2D eigenvalue weighted by Crippen LogP contribution is -2.52. The molecule has 0 saturated carbocycles. The number of carbonyl (C=O) groups is 1. The maximum absolute atomic E-state index is 12.2. The molecule has 0 bridgehead atoms. The van der Waals surface area contributed by atoms with E-state index in [1.54, 1.807) is 0 Å². The third-order valence-electron chi connectivity index (χ3n) is 3.33. The summed E-state index contributed by atoms with van der Waals surface area (Å²) in [7, 11) is 0. The Labute approximate surface area is 120 Å². The second kappa shape index (κ2) is 6.91. The maximum Gasteiger partial charge on any atom is 0.471 e. The summed E-state index contributed by atoms with van der Waals surface area (Å²) < 4.78 is 41.9. The van der Waals surface area contributed by atoms with Crippen molar-refractivity contribution in [2.24, 2.45) is 0 Å². The van der Waals surface area contributed by atoms with Gasteiger partial charge in [-0.3, -0.25) is 9.69 Å². The molecule has 1 heterocycles. The predicted molar refractivity (Wildman–Crippen MR) is 70.5 cm³/mol. The molecule has 0 spiro atoms. The van der Waals surface area contributed by atoms with E-state index in [-0.39, 0.29) is 12.6 Å². The number of amides is 1. The molecule has 0 aromatic heterocycles. The zero-order valence-corrected chi connectivity index (χ0v) is 11.4. The van der Waals surface area contributed by atoms with Crippen molar-refractivity contribution < 1.29 is 22.7 Å². The average Bonchev–Trinajstić information content (AvgIpc) is 2.46. The van der Waals surface area contributed by atoms with Crippen LogP contribution in [-0.2, 0) is 16.1 Å².